The molecule has 0 saturated carbocycles. The molecule has 0 atom stereocenters. The van der Waals surface area contributed by atoms with Crippen molar-refractivity contribution in [2.24, 2.45) is 5.92 Å². The summed E-state index contributed by atoms with van der Waals surface area (Å²) in [6, 6.07) is 11.3. The molecule has 0 aliphatic rings. The molecule has 0 aliphatic heterocycles. The van der Waals surface area contributed by atoms with E-state index in [1.54, 1.807) is 30.5 Å². The number of nitrogens with one attached hydrogen (secondary N) is 3. The van der Waals surface area contributed by atoms with E-state index in [1.165, 1.54) is 24.5 Å². The standard InChI is InChI=1S/C26H26FN7O2/c1-16(2)12-19-6-5-18(15-30-19)25(35)31-20-8-9-22(27)17(13-20)4-7-21-14-23(34-33-21)32-26(36)24-28-10-3-11-29-24/h3,5-6,8-11,13-16H,4,7,12H2,1-2H3,(H,31,35)(H2,32,33,34,36). The molecule has 0 radical (unpaired) electrons. The number of carbonyl (C=O) groups is 2. The lowest BCUT2D eigenvalue weighted by molar-refractivity contribution is 0.101. The zero-order valence-corrected chi connectivity index (χ0v) is 20.0. The van der Waals surface area contributed by atoms with Gasteiger partial charge in [0, 0.05) is 36.0 Å². The molecule has 0 bridgehead atoms. The lowest BCUT2D eigenvalue weighted by Gasteiger charge is -2.09. The van der Waals surface area contributed by atoms with E-state index in [-0.39, 0.29) is 17.5 Å². The molecule has 0 fully saturated rings. The van der Waals surface area contributed by atoms with E-state index >= 15 is 0 Å². The summed E-state index contributed by atoms with van der Waals surface area (Å²) >= 11 is 0. The van der Waals surface area contributed by atoms with Crippen LogP contribution in [0.15, 0.2) is 61.1 Å². The third-order valence-electron chi connectivity index (χ3n) is 5.31. The Morgan fingerprint density at radius 2 is 1.75 bits per heavy atom. The molecule has 3 aromatic heterocycles. The molecule has 4 rings (SSSR count). The molecule has 2 amide bonds. The van der Waals surface area contributed by atoms with Crippen molar-refractivity contribution in [3.05, 3.63) is 95.2 Å². The van der Waals surface area contributed by atoms with Crippen molar-refractivity contribution in [1.82, 2.24) is 25.1 Å². The van der Waals surface area contributed by atoms with Crippen LogP contribution in [0.3, 0.4) is 0 Å². The van der Waals surface area contributed by atoms with Crippen molar-refractivity contribution in [2.75, 3.05) is 10.6 Å². The first kappa shape index (κ1) is 24.6. The molecule has 3 heterocycles. The number of hydrogen-bond acceptors (Lipinski definition) is 6. The number of hydrogen-bond donors (Lipinski definition) is 3. The first-order valence-electron chi connectivity index (χ1n) is 11.5. The minimum Gasteiger partial charge on any atom is -0.322 e. The van der Waals surface area contributed by atoms with Gasteiger partial charge in [0.25, 0.3) is 11.8 Å². The summed E-state index contributed by atoms with van der Waals surface area (Å²) in [5, 5.41) is 12.3. The quantitative estimate of drug-likeness (QED) is 0.325. The van der Waals surface area contributed by atoms with Crippen LogP contribution in [0.2, 0.25) is 0 Å². The number of amides is 2. The Bertz CT molecular complexity index is 1340. The van der Waals surface area contributed by atoms with E-state index in [0.29, 0.717) is 47.1 Å². The molecule has 1 aromatic carbocycles. The molecule has 0 aliphatic carbocycles. The van der Waals surface area contributed by atoms with Crippen molar-refractivity contribution in [3.63, 3.8) is 0 Å². The first-order chi connectivity index (χ1) is 17.4. The van der Waals surface area contributed by atoms with Crippen molar-refractivity contribution in [1.29, 1.82) is 0 Å². The number of aromatic nitrogens is 5. The number of anilines is 2. The maximum atomic E-state index is 14.4. The average molecular weight is 488 g/mol. The number of nitrogens with zero attached hydrogens (tertiary/aromatic N) is 4. The maximum absolute atomic E-state index is 14.4. The summed E-state index contributed by atoms with van der Waals surface area (Å²) in [4.78, 5) is 36.9. The number of carbonyl (C=O) groups excluding carboxylic acids is 2. The Kier molecular flexibility index (Phi) is 7.74. The molecule has 4 aromatic rings. The Balaban J connectivity index is 1.35. The fourth-order valence-electron chi connectivity index (χ4n) is 3.56. The van der Waals surface area contributed by atoms with Gasteiger partial charge in [-0.25, -0.2) is 14.4 Å². The Morgan fingerprint density at radius 1 is 0.944 bits per heavy atom. The van der Waals surface area contributed by atoms with Gasteiger partial charge in [-0.05, 0) is 67.1 Å². The van der Waals surface area contributed by atoms with E-state index in [0.717, 1.165) is 12.1 Å². The molecule has 36 heavy (non-hydrogen) atoms. The lowest BCUT2D eigenvalue weighted by atomic mass is 10.1. The largest absolute Gasteiger partial charge is 0.322 e. The van der Waals surface area contributed by atoms with Crippen LogP contribution >= 0.6 is 0 Å². The summed E-state index contributed by atoms with van der Waals surface area (Å²) in [5.74, 6) is -0.256. The van der Waals surface area contributed by atoms with Crippen LogP contribution in [0.1, 0.15) is 51.8 Å². The molecule has 9 nitrogen and oxygen atoms in total. The molecule has 0 spiro atoms. The number of aryl methyl sites for hydroxylation is 2. The highest BCUT2D eigenvalue weighted by Gasteiger charge is 2.13. The summed E-state index contributed by atoms with van der Waals surface area (Å²) in [6.07, 6.45) is 6.12. The van der Waals surface area contributed by atoms with Crippen molar-refractivity contribution < 1.29 is 14.0 Å². The number of pyridine rings is 1. The van der Waals surface area contributed by atoms with Crippen molar-refractivity contribution in [3.8, 4) is 0 Å². The van der Waals surface area contributed by atoms with Gasteiger partial charge < -0.3 is 10.6 Å². The van der Waals surface area contributed by atoms with Crippen LogP contribution in [-0.4, -0.2) is 37.0 Å². The SMILES string of the molecule is CC(C)Cc1ccc(C(=O)Nc2ccc(F)c(CCc3cc(NC(=O)c4ncccn4)[nH]n3)c2)cn1. The van der Waals surface area contributed by atoms with E-state index in [9.17, 15) is 14.0 Å². The fourth-order valence-corrected chi connectivity index (χ4v) is 3.56. The molecule has 10 heteroatoms. The second-order valence-corrected chi connectivity index (χ2v) is 8.70. The molecular weight excluding hydrogens is 461 g/mol. The second-order valence-electron chi connectivity index (χ2n) is 8.70. The van der Waals surface area contributed by atoms with E-state index in [4.69, 9.17) is 0 Å². The van der Waals surface area contributed by atoms with Gasteiger partial charge in [0.05, 0.1) is 11.3 Å². The van der Waals surface area contributed by atoms with Gasteiger partial charge in [0.1, 0.15) is 11.6 Å². The van der Waals surface area contributed by atoms with Crippen LogP contribution in [0.25, 0.3) is 0 Å². The molecule has 0 unspecified atom stereocenters. The topological polar surface area (TPSA) is 126 Å². The first-order valence-corrected chi connectivity index (χ1v) is 11.5. The molecule has 3 N–H and O–H groups in total. The predicted molar refractivity (Wildman–Crippen MR) is 133 cm³/mol. The van der Waals surface area contributed by atoms with Gasteiger partial charge in [0.15, 0.2) is 0 Å². The molecule has 0 saturated heterocycles. The predicted octanol–water partition coefficient (Wildman–Crippen LogP) is 4.22. The normalized spacial score (nSPS) is 10.9. The van der Waals surface area contributed by atoms with Gasteiger partial charge in [0.2, 0.25) is 5.82 Å². The fraction of sp³-hybridized carbons (Fsp3) is 0.231. The zero-order chi connectivity index (χ0) is 25.5. The third-order valence-corrected chi connectivity index (χ3v) is 5.31. The van der Waals surface area contributed by atoms with Crippen molar-refractivity contribution in [2.45, 2.75) is 33.1 Å². The Labute approximate surface area is 207 Å². The highest BCUT2D eigenvalue weighted by Crippen LogP contribution is 2.19. The van der Waals surface area contributed by atoms with Crippen LogP contribution in [-0.2, 0) is 19.3 Å². The van der Waals surface area contributed by atoms with Crippen LogP contribution in [0.4, 0.5) is 15.9 Å². The second kappa shape index (κ2) is 11.3. The van der Waals surface area contributed by atoms with E-state index in [1.807, 2.05) is 6.07 Å². The summed E-state index contributed by atoms with van der Waals surface area (Å²) in [5.41, 5.74) is 2.92. The van der Waals surface area contributed by atoms with Crippen molar-refractivity contribution >= 4 is 23.3 Å². The van der Waals surface area contributed by atoms with Crippen LogP contribution in [0.5, 0.6) is 0 Å². The summed E-state index contributed by atoms with van der Waals surface area (Å²) in [7, 11) is 0. The Morgan fingerprint density at radius 3 is 2.47 bits per heavy atom. The summed E-state index contributed by atoms with van der Waals surface area (Å²) < 4.78 is 14.4. The highest BCUT2D eigenvalue weighted by molar-refractivity contribution is 6.04. The average Bonchev–Trinajstić information content (AvgIpc) is 3.32. The van der Waals surface area contributed by atoms with Gasteiger partial charge in [-0.3, -0.25) is 19.7 Å². The number of benzene rings is 1. The lowest BCUT2D eigenvalue weighted by Crippen LogP contribution is -2.15. The number of halogens is 1. The van der Waals surface area contributed by atoms with Crippen LogP contribution in [0, 0.1) is 11.7 Å². The van der Waals surface area contributed by atoms with Gasteiger partial charge >= 0.3 is 0 Å². The van der Waals surface area contributed by atoms with Gasteiger partial charge in [-0.2, -0.15) is 5.10 Å². The third kappa shape index (κ3) is 6.56. The monoisotopic (exact) mass is 487 g/mol. The van der Waals surface area contributed by atoms with Gasteiger partial charge in [-0.1, -0.05) is 13.8 Å². The number of aromatic amines is 1. The van der Waals surface area contributed by atoms with E-state index < -0.39 is 5.91 Å². The summed E-state index contributed by atoms with van der Waals surface area (Å²) in [6.45, 7) is 4.22. The maximum Gasteiger partial charge on any atom is 0.294 e. The van der Waals surface area contributed by atoms with E-state index in [2.05, 4.69) is 49.6 Å². The number of H-pyrrole nitrogens is 1. The molecule has 184 valence electrons. The zero-order valence-electron chi connectivity index (χ0n) is 20.0. The number of rotatable bonds is 9. The smallest absolute Gasteiger partial charge is 0.294 e. The minimum atomic E-state index is -0.468. The molecular formula is C26H26FN7O2. The Hall–Kier alpha value is -4.47. The highest BCUT2D eigenvalue weighted by atomic mass is 19.1. The van der Waals surface area contributed by atoms with Gasteiger partial charge in [-0.15, -0.1) is 0 Å². The van der Waals surface area contributed by atoms with Crippen LogP contribution < -0.4 is 10.6 Å². The minimum absolute atomic E-state index is 0.0388.